The highest BCUT2D eigenvalue weighted by Gasteiger charge is 2.13. The Bertz CT molecular complexity index is 790. The summed E-state index contributed by atoms with van der Waals surface area (Å²) < 4.78 is 36.6. The molecule has 8 heteroatoms. The highest BCUT2D eigenvalue weighted by Crippen LogP contribution is 2.22. The van der Waals surface area contributed by atoms with Crippen molar-refractivity contribution >= 4 is 11.8 Å². The number of nitrogens with one attached hydrogen (secondary N) is 2. The van der Waals surface area contributed by atoms with Crippen LogP contribution in [0.4, 0.5) is 8.78 Å². The maximum absolute atomic E-state index is 13.5. The number of amides is 2. The van der Waals surface area contributed by atoms with Crippen LogP contribution >= 0.6 is 0 Å². The van der Waals surface area contributed by atoms with Crippen LogP contribution in [0.1, 0.15) is 15.9 Å². The Balaban J connectivity index is 1.88. The van der Waals surface area contributed by atoms with Gasteiger partial charge >= 0.3 is 0 Å². The molecule has 0 atom stereocenters. The third-order valence-corrected chi connectivity index (χ3v) is 3.49. The van der Waals surface area contributed by atoms with E-state index in [1.54, 1.807) is 18.2 Å². The zero-order valence-corrected chi connectivity index (χ0v) is 14.3. The van der Waals surface area contributed by atoms with Crippen molar-refractivity contribution in [2.75, 3.05) is 20.8 Å². The van der Waals surface area contributed by atoms with Crippen molar-refractivity contribution < 1.29 is 27.8 Å². The van der Waals surface area contributed by atoms with E-state index in [9.17, 15) is 18.4 Å². The molecule has 0 spiro atoms. The molecule has 2 N–H and O–H groups in total. The summed E-state index contributed by atoms with van der Waals surface area (Å²) in [6.45, 7) is -0.163. The average Bonchev–Trinajstić information content (AvgIpc) is 2.64. The maximum Gasteiger partial charge on any atom is 0.254 e. The quantitative estimate of drug-likeness (QED) is 0.788. The smallest absolute Gasteiger partial charge is 0.254 e. The van der Waals surface area contributed by atoms with Gasteiger partial charge in [0.2, 0.25) is 5.91 Å². The minimum atomic E-state index is -0.994. The molecule has 2 aromatic rings. The summed E-state index contributed by atoms with van der Waals surface area (Å²) in [5, 5.41) is 4.89. The van der Waals surface area contributed by atoms with E-state index in [1.165, 1.54) is 14.2 Å². The third-order valence-electron chi connectivity index (χ3n) is 3.49. The van der Waals surface area contributed by atoms with Crippen molar-refractivity contribution in [1.29, 1.82) is 0 Å². The number of benzene rings is 2. The van der Waals surface area contributed by atoms with Gasteiger partial charge in [-0.2, -0.15) is 0 Å². The standard InChI is InChI=1S/C18H18F2N2O4/c1-25-13-5-11(6-14(8-13)26-2)9-21-17(23)10-22-18(24)15-4-3-12(19)7-16(15)20/h3-8H,9-10H2,1-2H3,(H,21,23)(H,22,24). The molecule has 0 aliphatic heterocycles. The molecule has 0 fully saturated rings. The van der Waals surface area contributed by atoms with Gasteiger partial charge in [0.1, 0.15) is 23.1 Å². The third kappa shape index (κ3) is 5.17. The van der Waals surface area contributed by atoms with Crippen LogP contribution in [0, 0.1) is 11.6 Å². The van der Waals surface area contributed by atoms with Crippen molar-refractivity contribution in [3.63, 3.8) is 0 Å². The van der Waals surface area contributed by atoms with Gasteiger partial charge in [-0.25, -0.2) is 8.78 Å². The van der Waals surface area contributed by atoms with Gasteiger partial charge in [0.05, 0.1) is 26.3 Å². The highest BCUT2D eigenvalue weighted by atomic mass is 19.1. The molecule has 2 rings (SSSR count). The lowest BCUT2D eigenvalue weighted by atomic mass is 10.2. The van der Waals surface area contributed by atoms with Crippen LogP contribution in [-0.2, 0) is 11.3 Å². The van der Waals surface area contributed by atoms with Crippen molar-refractivity contribution in [3.05, 3.63) is 59.2 Å². The van der Waals surface area contributed by atoms with Crippen molar-refractivity contribution in [1.82, 2.24) is 10.6 Å². The number of hydrogen-bond donors (Lipinski definition) is 2. The minimum Gasteiger partial charge on any atom is -0.497 e. The second-order valence-corrected chi connectivity index (χ2v) is 5.30. The normalized spacial score (nSPS) is 10.2. The van der Waals surface area contributed by atoms with Crippen molar-refractivity contribution in [2.24, 2.45) is 0 Å². The van der Waals surface area contributed by atoms with Gasteiger partial charge in [0.25, 0.3) is 5.91 Å². The number of carbonyl (C=O) groups excluding carboxylic acids is 2. The Morgan fingerprint density at radius 1 is 0.962 bits per heavy atom. The van der Waals surface area contributed by atoms with E-state index < -0.39 is 23.4 Å². The summed E-state index contributed by atoms with van der Waals surface area (Å²) in [6, 6.07) is 7.74. The Hall–Kier alpha value is -3.16. The predicted molar refractivity (Wildman–Crippen MR) is 90.1 cm³/mol. The van der Waals surface area contributed by atoms with E-state index in [2.05, 4.69) is 10.6 Å². The minimum absolute atomic E-state index is 0.188. The summed E-state index contributed by atoms with van der Waals surface area (Å²) in [7, 11) is 3.03. The molecule has 0 saturated heterocycles. The summed E-state index contributed by atoms with van der Waals surface area (Å²) in [6.07, 6.45) is 0. The van der Waals surface area contributed by atoms with Crippen LogP contribution in [0.3, 0.4) is 0 Å². The lowest BCUT2D eigenvalue weighted by Gasteiger charge is -2.10. The molecule has 2 amide bonds. The van der Waals surface area contributed by atoms with Crippen molar-refractivity contribution in [3.8, 4) is 11.5 Å². The molecule has 0 aromatic heterocycles. The lowest BCUT2D eigenvalue weighted by molar-refractivity contribution is -0.120. The molecule has 26 heavy (non-hydrogen) atoms. The number of methoxy groups -OCH3 is 2. The highest BCUT2D eigenvalue weighted by molar-refractivity contribution is 5.96. The van der Waals surface area contributed by atoms with E-state index in [-0.39, 0.29) is 18.7 Å². The largest absolute Gasteiger partial charge is 0.497 e. The zero-order chi connectivity index (χ0) is 19.1. The fourth-order valence-electron chi connectivity index (χ4n) is 2.16. The molecule has 138 valence electrons. The number of ether oxygens (including phenoxy) is 2. The van der Waals surface area contributed by atoms with E-state index in [1.807, 2.05) is 0 Å². The molecule has 0 unspecified atom stereocenters. The first-order valence-corrected chi connectivity index (χ1v) is 7.65. The van der Waals surface area contributed by atoms with Gasteiger partial charge in [-0.05, 0) is 29.8 Å². The van der Waals surface area contributed by atoms with E-state index in [4.69, 9.17) is 9.47 Å². The Morgan fingerprint density at radius 2 is 1.62 bits per heavy atom. The number of carbonyl (C=O) groups is 2. The predicted octanol–water partition coefficient (Wildman–Crippen LogP) is 2.03. The molecule has 0 radical (unpaired) electrons. The molecule has 0 bridgehead atoms. The van der Waals surface area contributed by atoms with Gasteiger partial charge in [-0.1, -0.05) is 0 Å². The molecule has 0 aliphatic carbocycles. The number of hydrogen-bond acceptors (Lipinski definition) is 4. The number of rotatable bonds is 7. The molecular formula is C18H18F2N2O4. The Kier molecular flexibility index (Phi) is 6.48. The first kappa shape index (κ1) is 19.2. The summed E-state index contributed by atoms with van der Waals surface area (Å²) in [5.74, 6) is -1.90. The second kappa shape index (κ2) is 8.80. The van der Waals surface area contributed by atoms with Crippen molar-refractivity contribution in [2.45, 2.75) is 6.54 Å². The van der Waals surface area contributed by atoms with Gasteiger partial charge in [-0.15, -0.1) is 0 Å². The van der Waals surface area contributed by atoms with Crippen LogP contribution < -0.4 is 20.1 Å². The SMILES string of the molecule is COc1cc(CNC(=O)CNC(=O)c2ccc(F)cc2F)cc(OC)c1. The first-order valence-electron chi connectivity index (χ1n) is 7.65. The van der Waals surface area contributed by atoms with Gasteiger partial charge in [0, 0.05) is 18.7 Å². The van der Waals surface area contributed by atoms with Gasteiger partial charge in [0.15, 0.2) is 0 Å². The molecular weight excluding hydrogens is 346 g/mol. The summed E-state index contributed by atoms with van der Waals surface area (Å²) in [4.78, 5) is 23.7. The summed E-state index contributed by atoms with van der Waals surface area (Å²) >= 11 is 0. The van der Waals surface area contributed by atoms with Crippen LogP contribution in [-0.4, -0.2) is 32.6 Å². The summed E-state index contributed by atoms with van der Waals surface area (Å²) in [5.41, 5.74) is 0.405. The Labute approximate surface area is 149 Å². The van der Waals surface area contributed by atoms with Crippen LogP contribution in [0.2, 0.25) is 0 Å². The topological polar surface area (TPSA) is 76.7 Å². The number of halogens is 2. The van der Waals surface area contributed by atoms with Gasteiger partial charge in [-0.3, -0.25) is 9.59 Å². The average molecular weight is 364 g/mol. The molecule has 0 heterocycles. The molecule has 0 aliphatic rings. The van der Waals surface area contributed by atoms with E-state index >= 15 is 0 Å². The van der Waals surface area contributed by atoms with Crippen LogP contribution in [0.15, 0.2) is 36.4 Å². The van der Waals surface area contributed by atoms with Crippen LogP contribution in [0.5, 0.6) is 11.5 Å². The lowest BCUT2D eigenvalue weighted by Crippen LogP contribution is -2.36. The molecule has 0 saturated carbocycles. The maximum atomic E-state index is 13.5. The van der Waals surface area contributed by atoms with E-state index in [0.29, 0.717) is 17.6 Å². The monoisotopic (exact) mass is 364 g/mol. The fraction of sp³-hybridized carbons (Fsp3) is 0.222. The Morgan fingerprint density at radius 3 is 2.19 bits per heavy atom. The molecule has 2 aromatic carbocycles. The first-order chi connectivity index (χ1) is 12.4. The van der Waals surface area contributed by atoms with Crippen LogP contribution in [0.25, 0.3) is 0 Å². The fourth-order valence-corrected chi connectivity index (χ4v) is 2.16. The zero-order valence-electron chi connectivity index (χ0n) is 14.3. The van der Waals surface area contributed by atoms with E-state index in [0.717, 1.165) is 17.7 Å². The van der Waals surface area contributed by atoms with Gasteiger partial charge < -0.3 is 20.1 Å². The molecule has 6 nitrogen and oxygen atoms in total. The second-order valence-electron chi connectivity index (χ2n) is 5.30.